The summed E-state index contributed by atoms with van der Waals surface area (Å²) in [5.74, 6) is -3.91. The first-order valence-electron chi connectivity index (χ1n) is 4.02. The minimum atomic E-state index is -2.93. The van der Waals surface area contributed by atoms with Crippen LogP contribution in [0.15, 0.2) is 12.4 Å². The quantitative estimate of drug-likeness (QED) is 0.807. The second-order valence-corrected chi connectivity index (χ2v) is 3.02. The molecule has 0 aliphatic heterocycles. The lowest BCUT2D eigenvalue weighted by Gasteiger charge is -2.05. The molecule has 6 heteroatoms. The molecule has 0 aromatic carbocycles. The van der Waals surface area contributed by atoms with Gasteiger partial charge in [0.1, 0.15) is 0 Å². The molecule has 0 radical (unpaired) electrons. The van der Waals surface area contributed by atoms with Crippen LogP contribution < -0.4 is 0 Å². The third kappa shape index (κ3) is 2.79. The lowest BCUT2D eigenvalue weighted by molar-refractivity contribution is -0.137. The highest BCUT2D eigenvalue weighted by Gasteiger charge is 2.25. The topological polar surface area (TPSA) is 55.1 Å². The van der Waals surface area contributed by atoms with E-state index in [0.717, 1.165) is 19.3 Å². The molecular formula is C8H10F2N2O2. The van der Waals surface area contributed by atoms with Crippen LogP contribution in [0.4, 0.5) is 8.78 Å². The highest BCUT2D eigenvalue weighted by atomic mass is 19.3. The Morgan fingerprint density at radius 1 is 1.71 bits per heavy atom. The van der Waals surface area contributed by atoms with E-state index in [1.54, 1.807) is 0 Å². The molecule has 0 saturated carbocycles. The van der Waals surface area contributed by atoms with Gasteiger partial charge in [0.25, 0.3) is 5.92 Å². The van der Waals surface area contributed by atoms with Crippen LogP contribution in [0, 0.1) is 0 Å². The van der Waals surface area contributed by atoms with E-state index in [1.165, 1.54) is 4.68 Å². The third-order valence-electron chi connectivity index (χ3n) is 1.69. The monoisotopic (exact) mass is 204 g/mol. The van der Waals surface area contributed by atoms with Crippen molar-refractivity contribution in [3.63, 3.8) is 0 Å². The molecule has 1 rings (SSSR count). The molecule has 1 N–H and O–H groups in total. The number of aromatic nitrogens is 2. The van der Waals surface area contributed by atoms with E-state index < -0.39 is 11.9 Å². The van der Waals surface area contributed by atoms with Crippen molar-refractivity contribution in [3.05, 3.63) is 18.0 Å². The van der Waals surface area contributed by atoms with Gasteiger partial charge >= 0.3 is 5.97 Å². The van der Waals surface area contributed by atoms with Crippen molar-refractivity contribution in [2.24, 2.45) is 0 Å². The first kappa shape index (κ1) is 10.6. The minimum absolute atomic E-state index is 0.103. The Kier molecular flexibility index (Phi) is 2.83. The van der Waals surface area contributed by atoms with E-state index in [1.807, 2.05) is 0 Å². The van der Waals surface area contributed by atoms with E-state index in [4.69, 9.17) is 5.11 Å². The summed E-state index contributed by atoms with van der Waals surface area (Å²) >= 11 is 0. The molecule has 1 aromatic rings. The van der Waals surface area contributed by atoms with Crippen molar-refractivity contribution in [2.45, 2.75) is 25.8 Å². The second-order valence-electron chi connectivity index (χ2n) is 3.02. The number of carboxylic acids is 1. The van der Waals surface area contributed by atoms with Crippen molar-refractivity contribution >= 4 is 5.97 Å². The maximum absolute atomic E-state index is 12.7. The van der Waals surface area contributed by atoms with E-state index in [9.17, 15) is 13.6 Å². The van der Waals surface area contributed by atoms with Crippen LogP contribution in [0.3, 0.4) is 0 Å². The van der Waals surface area contributed by atoms with Crippen molar-refractivity contribution in [2.75, 3.05) is 0 Å². The number of hydrogen-bond donors (Lipinski definition) is 1. The van der Waals surface area contributed by atoms with Gasteiger partial charge in [-0.05, 0) is 0 Å². The molecule has 0 fully saturated rings. The number of nitrogens with zero attached hydrogens (tertiary/aromatic N) is 2. The van der Waals surface area contributed by atoms with Gasteiger partial charge in [-0.2, -0.15) is 5.10 Å². The van der Waals surface area contributed by atoms with Gasteiger partial charge in [-0.1, -0.05) is 0 Å². The van der Waals surface area contributed by atoms with E-state index in [-0.39, 0.29) is 18.5 Å². The van der Waals surface area contributed by atoms with Crippen molar-refractivity contribution in [1.29, 1.82) is 0 Å². The molecule has 0 aliphatic rings. The van der Waals surface area contributed by atoms with Crippen LogP contribution in [0.1, 0.15) is 18.9 Å². The van der Waals surface area contributed by atoms with Crippen LogP contribution in [-0.4, -0.2) is 20.9 Å². The number of hydrogen-bond acceptors (Lipinski definition) is 2. The Morgan fingerprint density at radius 2 is 2.36 bits per heavy atom. The summed E-state index contributed by atoms with van der Waals surface area (Å²) in [5, 5.41) is 12.0. The average Bonchev–Trinajstić information content (AvgIpc) is 2.47. The Morgan fingerprint density at radius 3 is 2.79 bits per heavy atom. The third-order valence-corrected chi connectivity index (χ3v) is 1.69. The highest BCUT2D eigenvalue weighted by molar-refractivity contribution is 5.66. The number of aliphatic carboxylic acids is 1. The van der Waals surface area contributed by atoms with E-state index in [2.05, 4.69) is 5.10 Å². The number of carbonyl (C=O) groups is 1. The lowest BCUT2D eigenvalue weighted by atomic mass is 10.2. The second kappa shape index (κ2) is 3.73. The SMILES string of the molecule is CC(F)(F)c1cnn(CCC(=O)O)c1. The Labute approximate surface area is 79.2 Å². The van der Waals surface area contributed by atoms with E-state index >= 15 is 0 Å². The van der Waals surface area contributed by atoms with Gasteiger partial charge in [0.15, 0.2) is 0 Å². The van der Waals surface area contributed by atoms with Crippen LogP contribution in [0.5, 0.6) is 0 Å². The first-order valence-corrected chi connectivity index (χ1v) is 4.02. The van der Waals surface area contributed by atoms with Crippen LogP contribution in [0.25, 0.3) is 0 Å². The zero-order valence-electron chi connectivity index (χ0n) is 7.57. The molecule has 1 heterocycles. The fourth-order valence-corrected chi connectivity index (χ4v) is 0.923. The zero-order valence-corrected chi connectivity index (χ0v) is 7.57. The molecule has 0 saturated heterocycles. The summed E-state index contributed by atoms with van der Waals surface area (Å²) < 4.78 is 26.6. The van der Waals surface area contributed by atoms with Gasteiger partial charge < -0.3 is 5.11 Å². The van der Waals surface area contributed by atoms with Crippen LogP contribution in [-0.2, 0) is 17.3 Å². The summed E-state index contributed by atoms with van der Waals surface area (Å²) in [4.78, 5) is 10.2. The molecular weight excluding hydrogens is 194 g/mol. The van der Waals surface area contributed by atoms with Crippen molar-refractivity contribution in [3.8, 4) is 0 Å². The Hall–Kier alpha value is -1.46. The normalized spacial score (nSPS) is 11.6. The van der Waals surface area contributed by atoms with E-state index in [0.29, 0.717) is 0 Å². The lowest BCUT2D eigenvalue weighted by Crippen LogP contribution is -2.07. The molecule has 0 amide bonds. The van der Waals surface area contributed by atoms with Crippen molar-refractivity contribution < 1.29 is 18.7 Å². The first-order chi connectivity index (χ1) is 6.39. The van der Waals surface area contributed by atoms with Crippen LogP contribution >= 0.6 is 0 Å². The zero-order chi connectivity index (χ0) is 10.8. The van der Waals surface area contributed by atoms with Gasteiger partial charge in [0.2, 0.25) is 0 Å². The maximum atomic E-state index is 12.7. The van der Waals surface area contributed by atoms with Crippen LogP contribution in [0.2, 0.25) is 0 Å². The average molecular weight is 204 g/mol. The summed E-state index contributed by atoms with van der Waals surface area (Å²) in [6.45, 7) is 0.872. The summed E-state index contributed by atoms with van der Waals surface area (Å²) in [6, 6.07) is 0. The molecule has 0 spiro atoms. The number of carboxylic acid groups (broad SMARTS) is 1. The van der Waals surface area contributed by atoms with Gasteiger partial charge in [-0.25, -0.2) is 8.78 Å². The molecule has 0 unspecified atom stereocenters. The standard InChI is InChI=1S/C8H10F2N2O2/c1-8(9,10)6-4-11-12(5-6)3-2-7(13)14/h4-5H,2-3H2,1H3,(H,13,14). The molecule has 0 aliphatic carbocycles. The predicted molar refractivity (Wildman–Crippen MR) is 44.0 cm³/mol. The van der Waals surface area contributed by atoms with Gasteiger partial charge in [0, 0.05) is 13.1 Å². The molecule has 78 valence electrons. The molecule has 4 nitrogen and oxygen atoms in total. The Bertz CT molecular complexity index is 330. The smallest absolute Gasteiger partial charge is 0.305 e. The van der Waals surface area contributed by atoms with Gasteiger partial charge in [0.05, 0.1) is 24.7 Å². The number of aryl methyl sites for hydroxylation is 1. The Balaban J connectivity index is 2.64. The fraction of sp³-hybridized carbons (Fsp3) is 0.500. The van der Waals surface area contributed by atoms with Crippen molar-refractivity contribution in [1.82, 2.24) is 9.78 Å². The maximum Gasteiger partial charge on any atom is 0.305 e. The number of halogens is 2. The molecule has 14 heavy (non-hydrogen) atoms. The molecule has 0 atom stereocenters. The highest BCUT2D eigenvalue weighted by Crippen LogP contribution is 2.25. The summed E-state index contributed by atoms with van der Waals surface area (Å²) in [7, 11) is 0. The predicted octanol–water partition coefficient (Wildman–Crippen LogP) is 1.47. The molecule has 0 bridgehead atoms. The number of alkyl halides is 2. The summed E-state index contributed by atoms with van der Waals surface area (Å²) in [5.41, 5.74) is -0.206. The van der Waals surface area contributed by atoms with Gasteiger partial charge in [-0.15, -0.1) is 0 Å². The summed E-state index contributed by atoms with van der Waals surface area (Å²) in [6.07, 6.45) is 2.07. The largest absolute Gasteiger partial charge is 0.481 e. The number of rotatable bonds is 4. The molecule has 1 aromatic heterocycles. The van der Waals surface area contributed by atoms with Gasteiger partial charge in [-0.3, -0.25) is 9.48 Å². The minimum Gasteiger partial charge on any atom is -0.481 e. The fourth-order valence-electron chi connectivity index (χ4n) is 0.923.